The predicted molar refractivity (Wildman–Crippen MR) is 134 cm³/mol. The molecule has 1 unspecified atom stereocenters. The van der Waals surface area contributed by atoms with Gasteiger partial charge in [-0.05, 0) is 55.2 Å². The zero-order valence-corrected chi connectivity index (χ0v) is 20.9. The lowest BCUT2D eigenvalue weighted by molar-refractivity contribution is -0.0172. The lowest BCUT2D eigenvalue weighted by atomic mass is 9.98. The van der Waals surface area contributed by atoms with Gasteiger partial charge in [0.05, 0.1) is 13.7 Å². The number of benzene rings is 2. The van der Waals surface area contributed by atoms with Crippen molar-refractivity contribution in [3.63, 3.8) is 0 Å². The predicted octanol–water partition coefficient (Wildman–Crippen LogP) is 4.32. The van der Waals surface area contributed by atoms with Crippen LogP contribution in [0.3, 0.4) is 0 Å². The highest BCUT2D eigenvalue weighted by Gasteiger charge is 2.26. The molecule has 2 aliphatic heterocycles. The van der Waals surface area contributed by atoms with Crippen LogP contribution in [0.15, 0.2) is 41.4 Å². The third kappa shape index (κ3) is 5.83. The Kier molecular flexibility index (Phi) is 8.98. The lowest BCUT2D eigenvalue weighted by Gasteiger charge is -2.22. The third-order valence-electron chi connectivity index (χ3n) is 5.80. The molecule has 1 N–H and O–H groups in total. The van der Waals surface area contributed by atoms with Gasteiger partial charge >= 0.3 is 0 Å². The van der Waals surface area contributed by atoms with Crippen LogP contribution in [0.25, 0.3) is 0 Å². The minimum atomic E-state index is -0.263. The van der Waals surface area contributed by atoms with Gasteiger partial charge in [-0.15, -0.1) is 24.0 Å². The number of guanidine groups is 1. The van der Waals surface area contributed by atoms with Crippen molar-refractivity contribution in [3.05, 3.63) is 58.9 Å². The molecule has 0 saturated carbocycles. The van der Waals surface area contributed by atoms with Crippen molar-refractivity contribution in [2.75, 3.05) is 40.1 Å². The van der Waals surface area contributed by atoms with Crippen LogP contribution in [0.4, 0.5) is 4.39 Å². The van der Waals surface area contributed by atoms with Gasteiger partial charge in [-0.3, -0.25) is 4.99 Å². The third-order valence-corrected chi connectivity index (χ3v) is 5.80. The Morgan fingerprint density at radius 1 is 1.28 bits per heavy atom. The van der Waals surface area contributed by atoms with Crippen LogP contribution in [0, 0.1) is 5.82 Å². The minimum Gasteiger partial charge on any atom is -0.497 e. The van der Waals surface area contributed by atoms with E-state index >= 15 is 0 Å². The number of hydrogen-bond acceptors (Lipinski definition) is 4. The fourth-order valence-electron chi connectivity index (χ4n) is 4.25. The van der Waals surface area contributed by atoms with Gasteiger partial charge in [-0.2, -0.15) is 0 Å². The summed E-state index contributed by atoms with van der Waals surface area (Å²) in [5, 5.41) is 3.41. The first-order chi connectivity index (χ1) is 15.2. The Labute approximate surface area is 206 Å². The fourth-order valence-corrected chi connectivity index (χ4v) is 4.25. The number of methoxy groups -OCH3 is 1. The summed E-state index contributed by atoms with van der Waals surface area (Å²) in [5.41, 5.74) is 2.93. The number of hydrogen-bond donors (Lipinski definition) is 1. The van der Waals surface area contributed by atoms with Gasteiger partial charge in [0.15, 0.2) is 12.8 Å². The summed E-state index contributed by atoms with van der Waals surface area (Å²) < 4.78 is 30.1. The Morgan fingerprint density at radius 3 is 2.84 bits per heavy atom. The molecule has 174 valence electrons. The summed E-state index contributed by atoms with van der Waals surface area (Å²) in [6.07, 6.45) is 1.70. The highest BCUT2D eigenvalue weighted by molar-refractivity contribution is 14.0. The number of nitrogens with zero attached hydrogens (tertiary/aromatic N) is 2. The zero-order valence-electron chi connectivity index (χ0n) is 18.6. The number of nitrogens with one attached hydrogen (secondary N) is 1. The fraction of sp³-hybridized carbons (Fsp3) is 0.458. The maximum atomic E-state index is 14.0. The van der Waals surface area contributed by atoms with Crippen molar-refractivity contribution in [1.82, 2.24) is 10.2 Å². The topological polar surface area (TPSA) is 55.3 Å². The van der Waals surface area contributed by atoms with Crippen LogP contribution in [-0.4, -0.2) is 50.9 Å². The molecule has 0 aliphatic carbocycles. The smallest absolute Gasteiger partial charge is 0.193 e. The molecule has 0 aromatic heterocycles. The van der Waals surface area contributed by atoms with Crippen molar-refractivity contribution < 1.29 is 18.6 Å². The van der Waals surface area contributed by atoms with E-state index < -0.39 is 0 Å². The van der Waals surface area contributed by atoms with Crippen LogP contribution < -0.4 is 14.8 Å². The molecule has 32 heavy (non-hydrogen) atoms. The molecule has 8 heteroatoms. The van der Waals surface area contributed by atoms with Gasteiger partial charge in [-0.1, -0.05) is 12.1 Å². The van der Waals surface area contributed by atoms with Gasteiger partial charge in [0.2, 0.25) is 0 Å². The highest BCUT2D eigenvalue weighted by atomic mass is 127. The number of ether oxygens (including phenoxy) is 3. The van der Waals surface area contributed by atoms with E-state index in [1.165, 1.54) is 11.6 Å². The second-order valence-electron chi connectivity index (χ2n) is 7.85. The molecule has 1 saturated heterocycles. The lowest BCUT2D eigenvalue weighted by Crippen LogP contribution is -2.40. The van der Waals surface area contributed by atoms with E-state index in [1.54, 1.807) is 13.2 Å². The molecule has 2 aromatic rings. The molecule has 0 bridgehead atoms. The molecule has 2 aliphatic rings. The van der Waals surface area contributed by atoms with Gasteiger partial charge in [0, 0.05) is 37.7 Å². The summed E-state index contributed by atoms with van der Waals surface area (Å²) in [5.74, 6) is 2.74. The normalized spacial score (nSPS) is 17.9. The maximum Gasteiger partial charge on any atom is 0.193 e. The van der Waals surface area contributed by atoms with Crippen molar-refractivity contribution in [2.45, 2.75) is 32.3 Å². The van der Waals surface area contributed by atoms with E-state index in [2.05, 4.69) is 29.3 Å². The standard InChI is InChI=1S/C24H30FN3O3.HI/c1-3-26-24(28-11-9-19(14-28)17-4-6-22(29-2)7-5-17)27-10-8-18-12-21(25)13-20-15-30-16-31-23(18)20;/h4-7,12-13,19H,3,8-11,14-16H2,1-2H3,(H,26,27);1H. The van der Waals surface area contributed by atoms with Crippen molar-refractivity contribution in [1.29, 1.82) is 0 Å². The molecule has 1 fully saturated rings. The average molecular weight is 555 g/mol. The monoisotopic (exact) mass is 555 g/mol. The summed E-state index contributed by atoms with van der Waals surface area (Å²) in [6.45, 7) is 5.91. The van der Waals surface area contributed by atoms with E-state index in [-0.39, 0.29) is 36.6 Å². The molecule has 1 atom stereocenters. The van der Waals surface area contributed by atoms with E-state index in [4.69, 9.17) is 19.2 Å². The van der Waals surface area contributed by atoms with Gasteiger partial charge in [0.1, 0.15) is 17.3 Å². The van der Waals surface area contributed by atoms with Crippen LogP contribution in [0.1, 0.15) is 36.0 Å². The average Bonchev–Trinajstić information content (AvgIpc) is 3.28. The van der Waals surface area contributed by atoms with E-state index in [1.807, 2.05) is 12.1 Å². The minimum absolute atomic E-state index is 0. The van der Waals surface area contributed by atoms with Crippen molar-refractivity contribution in [3.8, 4) is 11.5 Å². The Morgan fingerprint density at radius 2 is 2.09 bits per heavy atom. The summed E-state index contributed by atoms with van der Waals surface area (Å²) in [7, 11) is 1.69. The van der Waals surface area contributed by atoms with Crippen molar-refractivity contribution in [2.24, 2.45) is 4.99 Å². The second kappa shape index (κ2) is 11.7. The summed E-state index contributed by atoms with van der Waals surface area (Å²) >= 11 is 0. The van der Waals surface area contributed by atoms with Gasteiger partial charge < -0.3 is 24.4 Å². The molecule has 4 rings (SSSR count). The molecule has 2 heterocycles. The zero-order chi connectivity index (χ0) is 21.6. The Bertz CT molecular complexity index is 923. The first-order valence-corrected chi connectivity index (χ1v) is 10.9. The molecular formula is C24H31FIN3O3. The molecule has 0 spiro atoms. The number of halogens is 2. The summed E-state index contributed by atoms with van der Waals surface area (Å²) in [4.78, 5) is 7.14. The molecule has 0 radical (unpaired) electrons. The molecule has 6 nitrogen and oxygen atoms in total. The number of rotatable bonds is 6. The van der Waals surface area contributed by atoms with Crippen LogP contribution in [-0.2, 0) is 17.8 Å². The Balaban J connectivity index is 0.00000289. The van der Waals surface area contributed by atoms with E-state index in [9.17, 15) is 4.39 Å². The number of likely N-dealkylation sites (tertiary alicyclic amines) is 1. The van der Waals surface area contributed by atoms with E-state index in [0.29, 0.717) is 25.5 Å². The number of aliphatic imine (C=N–C) groups is 1. The largest absolute Gasteiger partial charge is 0.497 e. The van der Waals surface area contributed by atoms with Gasteiger partial charge in [0.25, 0.3) is 0 Å². The SMILES string of the molecule is CCNC(=NCCc1cc(F)cc2c1OCOC2)N1CCC(c2ccc(OC)cc2)C1.I. The van der Waals surface area contributed by atoms with E-state index in [0.717, 1.165) is 54.6 Å². The second-order valence-corrected chi connectivity index (χ2v) is 7.85. The van der Waals surface area contributed by atoms with Gasteiger partial charge in [-0.25, -0.2) is 4.39 Å². The van der Waals surface area contributed by atoms with Crippen LogP contribution in [0.2, 0.25) is 0 Å². The Hall–Kier alpha value is -2.07. The van der Waals surface area contributed by atoms with Crippen LogP contribution in [0.5, 0.6) is 11.5 Å². The number of fused-ring (bicyclic) bond motifs is 1. The highest BCUT2D eigenvalue weighted by Crippen LogP contribution is 2.30. The van der Waals surface area contributed by atoms with Crippen LogP contribution >= 0.6 is 24.0 Å². The summed E-state index contributed by atoms with van der Waals surface area (Å²) in [6, 6.07) is 11.4. The maximum absolute atomic E-state index is 14.0. The first kappa shape index (κ1) is 24.6. The molecular weight excluding hydrogens is 524 g/mol. The molecule has 0 amide bonds. The first-order valence-electron chi connectivity index (χ1n) is 10.9. The molecule has 2 aromatic carbocycles. The van der Waals surface area contributed by atoms with Crippen molar-refractivity contribution >= 4 is 29.9 Å². The quantitative estimate of drug-likeness (QED) is 0.327.